The van der Waals surface area contributed by atoms with E-state index >= 15 is 0 Å². The molecule has 1 fully saturated rings. The summed E-state index contributed by atoms with van der Waals surface area (Å²) in [5.41, 5.74) is -0.0661. The largest absolute Gasteiger partial charge is 0.379 e. The highest BCUT2D eigenvalue weighted by Gasteiger charge is 2.20. The Balaban J connectivity index is 2.17. The van der Waals surface area contributed by atoms with Crippen LogP contribution in [0.25, 0.3) is 0 Å². The minimum absolute atomic E-state index is 0.0661. The van der Waals surface area contributed by atoms with Crippen LogP contribution in [0.2, 0.25) is 0 Å². The van der Waals surface area contributed by atoms with Crippen molar-refractivity contribution in [2.45, 2.75) is 58.4 Å². The Morgan fingerprint density at radius 1 is 1.29 bits per heavy atom. The van der Waals surface area contributed by atoms with Gasteiger partial charge < -0.3 is 15.4 Å². The third-order valence-electron chi connectivity index (χ3n) is 3.47. The Morgan fingerprint density at radius 3 is 2.67 bits per heavy atom. The minimum atomic E-state index is -0.0661. The van der Waals surface area contributed by atoms with Gasteiger partial charge >= 0.3 is 0 Å². The summed E-state index contributed by atoms with van der Waals surface area (Å²) in [6, 6.07) is 2.35. The quantitative estimate of drug-likeness (QED) is 0.873. The Hall–Kier alpha value is -1.36. The van der Waals surface area contributed by atoms with E-state index < -0.39 is 0 Å². The molecular weight excluding hydrogens is 264 g/mol. The zero-order valence-electron chi connectivity index (χ0n) is 13.7. The summed E-state index contributed by atoms with van der Waals surface area (Å²) >= 11 is 0. The summed E-state index contributed by atoms with van der Waals surface area (Å²) in [5.74, 6) is 2.66. The van der Waals surface area contributed by atoms with Crippen molar-refractivity contribution in [2.24, 2.45) is 0 Å². The second kappa shape index (κ2) is 7.07. The molecule has 1 aromatic rings. The van der Waals surface area contributed by atoms with Crippen molar-refractivity contribution in [3.63, 3.8) is 0 Å². The van der Waals surface area contributed by atoms with Crippen molar-refractivity contribution in [2.75, 3.05) is 30.4 Å². The van der Waals surface area contributed by atoms with Gasteiger partial charge in [-0.15, -0.1) is 0 Å². The molecule has 2 N–H and O–H groups in total. The van der Waals surface area contributed by atoms with Crippen LogP contribution in [0.15, 0.2) is 6.07 Å². The van der Waals surface area contributed by atoms with Gasteiger partial charge in [0, 0.05) is 24.6 Å². The smallest absolute Gasteiger partial charge is 0.138 e. The molecule has 0 amide bonds. The summed E-state index contributed by atoms with van der Waals surface area (Å²) in [6.45, 7) is 11.1. The lowest BCUT2D eigenvalue weighted by atomic mass is 9.96. The van der Waals surface area contributed by atoms with E-state index in [4.69, 9.17) is 4.74 Å². The van der Waals surface area contributed by atoms with Crippen LogP contribution in [0.1, 0.15) is 52.8 Å². The lowest BCUT2D eigenvalue weighted by Crippen LogP contribution is -2.31. The van der Waals surface area contributed by atoms with E-state index in [0.717, 1.165) is 56.5 Å². The topological polar surface area (TPSA) is 59.1 Å². The number of aromatic nitrogens is 2. The number of rotatable bonds is 5. The SMILES string of the molecule is CCCNc1cc(NC2CCCOC2)nc(C(C)(C)C)n1. The molecule has 1 unspecified atom stereocenters. The number of hydrogen-bond acceptors (Lipinski definition) is 5. The van der Waals surface area contributed by atoms with Gasteiger partial charge in [-0.05, 0) is 19.3 Å². The van der Waals surface area contributed by atoms with Gasteiger partial charge in [-0.3, -0.25) is 0 Å². The Labute approximate surface area is 127 Å². The van der Waals surface area contributed by atoms with E-state index in [9.17, 15) is 0 Å². The second-order valence-electron chi connectivity index (χ2n) is 6.70. The first-order valence-corrected chi connectivity index (χ1v) is 7.96. The molecule has 118 valence electrons. The van der Waals surface area contributed by atoms with Gasteiger partial charge in [-0.1, -0.05) is 27.7 Å². The van der Waals surface area contributed by atoms with E-state index in [-0.39, 0.29) is 5.41 Å². The molecule has 0 saturated carbocycles. The summed E-state index contributed by atoms with van der Waals surface area (Å²) in [6.07, 6.45) is 3.32. The number of hydrogen-bond donors (Lipinski definition) is 2. The van der Waals surface area contributed by atoms with Gasteiger partial charge in [0.15, 0.2) is 0 Å². The third-order valence-corrected chi connectivity index (χ3v) is 3.47. The molecule has 1 saturated heterocycles. The first-order valence-electron chi connectivity index (χ1n) is 7.96. The highest BCUT2D eigenvalue weighted by Crippen LogP contribution is 2.23. The summed E-state index contributed by atoms with van der Waals surface area (Å²) in [5, 5.41) is 6.86. The first kappa shape index (κ1) is 16.0. The van der Waals surface area contributed by atoms with Gasteiger partial charge in [0.2, 0.25) is 0 Å². The number of nitrogens with one attached hydrogen (secondary N) is 2. The monoisotopic (exact) mass is 292 g/mol. The molecule has 0 spiro atoms. The standard InChI is InChI=1S/C16H28N4O/c1-5-8-17-13-10-14(18-12-7-6-9-21-11-12)20-15(19-13)16(2,3)4/h10,12H,5-9,11H2,1-4H3,(H2,17,18,19,20). The lowest BCUT2D eigenvalue weighted by molar-refractivity contribution is 0.0875. The third kappa shape index (κ3) is 4.84. The molecule has 5 heteroatoms. The average Bonchev–Trinajstić information content (AvgIpc) is 2.45. The summed E-state index contributed by atoms with van der Waals surface area (Å²) in [4.78, 5) is 9.33. The van der Waals surface area contributed by atoms with E-state index in [1.54, 1.807) is 0 Å². The molecular formula is C16H28N4O. The van der Waals surface area contributed by atoms with Gasteiger partial charge in [-0.25, -0.2) is 9.97 Å². The average molecular weight is 292 g/mol. The molecule has 2 heterocycles. The molecule has 0 bridgehead atoms. The van der Waals surface area contributed by atoms with Gasteiger partial charge in [-0.2, -0.15) is 0 Å². The highest BCUT2D eigenvalue weighted by atomic mass is 16.5. The van der Waals surface area contributed by atoms with E-state index in [0.29, 0.717) is 6.04 Å². The van der Waals surface area contributed by atoms with Crippen LogP contribution < -0.4 is 10.6 Å². The van der Waals surface area contributed by atoms with E-state index in [1.807, 2.05) is 6.07 Å². The zero-order chi connectivity index (χ0) is 15.3. The van der Waals surface area contributed by atoms with Crippen LogP contribution in [0.3, 0.4) is 0 Å². The summed E-state index contributed by atoms with van der Waals surface area (Å²) in [7, 11) is 0. The van der Waals surface area contributed by atoms with Crippen LogP contribution in [-0.2, 0) is 10.2 Å². The molecule has 1 aromatic heterocycles. The molecule has 0 aromatic carbocycles. The maximum absolute atomic E-state index is 5.53. The maximum Gasteiger partial charge on any atom is 0.138 e. The molecule has 21 heavy (non-hydrogen) atoms. The van der Waals surface area contributed by atoms with Crippen molar-refractivity contribution >= 4 is 11.6 Å². The second-order valence-corrected chi connectivity index (χ2v) is 6.70. The molecule has 1 aliphatic rings. The van der Waals surface area contributed by atoms with Crippen LogP contribution in [0.4, 0.5) is 11.6 Å². The van der Waals surface area contributed by atoms with Crippen molar-refractivity contribution in [1.29, 1.82) is 0 Å². The van der Waals surface area contributed by atoms with Crippen LogP contribution in [0, 0.1) is 0 Å². The van der Waals surface area contributed by atoms with E-state index in [1.165, 1.54) is 0 Å². The van der Waals surface area contributed by atoms with Gasteiger partial charge in [0.1, 0.15) is 17.5 Å². The molecule has 0 radical (unpaired) electrons. The summed E-state index contributed by atoms with van der Waals surface area (Å²) < 4.78 is 5.53. The zero-order valence-corrected chi connectivity index (χ0v) is 13.7. The van der Waals surface area contributed by atoms with Crippen molar-refractivity contribution in [1.82, 2.24) is 9.97 Å². The Kier molecular flexibility index (Phi) is 5.39. The number of anilines is 2. The predicted molar refractivity (Wildman–Crippen MR) is 87.0 cm³/mol. The fourth-order valence-corrected chi connectivity index (χ4v) is 2.26. The van der Waals surface area contributed by atoms with Gasteiger partial charge in [0.05, 0.1) is 12.6 Å². The first-order chi connectivity index (χ1) is 9.99. The molecule has 2 rings (SSSR count). The van der Waals surface area contributed by atoms with Crippen LogP contribution in [0.5, 0.6) is 0 Å². The molecule has 5 nitrogen and oxygen atoms in total. The van der Waals surface area contributed by atoms with Gasteiger partial charge in [0.25, 0.3) is 0 Å². The fourth-order valence-electron chi connectivity index (χ4n) is 2.26. The van der Waals surface area contributed by atoms with Crippen molar-refractivity contribution in [3.8, 4) is 0 Å². The highest BCUT2D eigenvalue weighted by molar-refractivity contribution is 5.48. The Morgan fingerprint density at radius 2 is 2.05 bits per heavy atom. The molecule has 1 aliphatic heterocycles. The predicted octanol–water partition coefficient (Wildman–Crippen LogP) is 3.19. The molecule has 1 atom stereocenters. The van der Waals surface area contributed by atoms with Crippen molar-refractivity contribution in [3.05, 3.63) is 11.9 Å². The normalized spacial score (nSPS) is 19.3. The van der Waals surface area contributed by atoms with Crippen molar-refractivity contribution < 1.29 is 4.74 Å². The minimum Gasteiger partial charge on any atom is -0.379 e. The Bertz CT molecular complexity index is 450. The maximum atomic E-state index is 5.53. The van der Waals surface area contributed by atoms with Crippen LogP contribution in [-0.4, -0.2) is 35.8 Å². The number of ether oxygens (including phenoxy) is 1. The lowest BCUT2D eigenvalue weighted by Gasteiger charge is -2.25. The fraction of sp³-hybridized carbons (Fsp3) is 0.750. The van der Waals surface area contributed by atoms with Crippen LogP contribution >= 0.6 is 0 Å². The molecule has 0 aliphatic carbocycles. The van der Waals surface area contributed by atoms with E-state index in [2.05, 4.69) is 48.3 Å². The number of nitrogens with zero attached hydrogens (tertiary/aromatic N) is 2.